The van der Waals surface area contributed by atoms with E-state index in [1.54, 1.807) is 24.5 Å². The van der Waals surface area contributed by atoms with Gasteiger partial charge in [0.05, 0.1) is 27.8 Å². The second-order valence-electron chi connectivity index (χ2n) is 4.95. The average molecular weight is 345 g/mol. The highest BCUT2D eigenvalue weighted by Crippen LogP contribution is 2.38. The summed E-state index contributed by atoms with van der Waals surface area (Å²) in [5.41, 5.74) is 5.69. The van der Waals surface area contributed by atoms with Crippen molar-refractivity contribution in [3.05, 3.63) is 47.8 Å². The van der Waals surface area contributed by atoms with Crippen molar-refractivity contribution in [1.29, 1.82) is 0 Å². The minimum atomic E-state index is -0.515. The van der Waals surface area contributed by atoms with Gasteiger partial charge in [-0.15, -0.1) is 0 Å². The molecule has 0 bridgehead atoms. The number of ether oxygens (including phenoxy) is 3. The van der Waals surface area contributed by atoms with Crippen LogP contribution in [-0.4, -0.2) is 38.1 Å². The van der Waals surface area contributed by atoms with Crippen LogP contribution in [0.4, 0.5) is 0 Å². The van der Waals surface area contributed by atoms with Gasteiger partial charge in [-0.25, -0.2) is 0 Å². The van der Waals surface area contributed by atoms with Gasteiger partial charge in [0, 0.05) is 18.0 Å². The number of aromatic nitrogens is 1. The largest absolute Gasteiger partial charge is 0.493 e. The van der Waals surface area contributed by atoms with Crippen LogP contribution in [0.2, 0.25) is 0 Å². The summed E-state index contributed by atoms with van der Waals surface area (Å²) >= 11 is 0. The van der Waals surface area contributed by atoms with E-state index >= 15 is 0 Å². The van der Waals surface area contributed by atoms with E-state index in [4.69, 9.17) is 14.2 Å². The Kier molecular flexibility index (Phi) is 6.16. The summed E-state index contributed by atoms with van der Waals surface area (Å²) < 4.78 is 15.6. The van der Waals surface area contributed by atoms with E-state index in [-0.39, 0.29) is 17.9 Å². The Labute approximate surface area is 145 Å². The zero-order chi connectivity index (χ0) is 18.2. The average Bonchev–Trinajstić information content (AvgIpc) is 2.65. The predicted octanol–water partition coefficient (Wildman–Crippen LogP) is 1.11. The summed E-state index contributed by atoms with van der Waals surface area (Å²) in [6, 6.07) is 6.48. The molecule has 8 heteroatoms. The maximum absolute atomic E-state index is 12.2. The smallest absolute Gasteiger partial charge is 0.269 e. The van der Waals surface area contributed by atoms with Gasteiger partial charge in [0.1, 0.15) is 0 Å². The summed E-state index contributed by atoms with van der Waals surface area (Å²) in [6.07, 6.45) is 3.30. The number of nitrogens with zero attached hydrogens (tertiary/aromatic N) is 1. The van der Waals surface area contributed by atoms with Crippen molar-refractivity contribution in [3.8, 4) is 17.2 Å². The Bertz CT molecular complexity index is 724. The zero-order valence-corrected chi connectivity index (χ0v) is 14.2. The van der Waals surface area contributed by atoms with Gasteiger partial charge >= 0.3 is 0 Å². The SMILES string of the molecule is COc1cc(C(=O)NNC(=O)Cc2cccnc2)cc(OC)c1OC. The lowest BCUT2D eigenvalue weighted by atomic mass is 10.1. The Hall–Kier alpha value is -3.29. The molecule has 25 heavy (non-hydrogen) atoms. The van der Waals surface area contributed by atoms with Crippen molar-refractivity contribution in [2.24, 2.45) is 0 Å². The quantitative estimate of drug-likeness (QED) is 0.761. The molecule has 0 aliphatic rings. The van der Waals surface area contributed by atoms with E-state index in [0.717, 1.165) is 5.56 Å². The topological polar surface area (TPSA) is 98.8 Å². The first-order valence-electron chi connectivity index (χ1n) is 7.37. The molecular formula is C17H19N3O5. The van der Waals surface area contributed by atoms with E-state index in [0.29, 0.717) is 17.2 Å². The molecule has 1 aromatic carbocycles. The second kappa shape index (κ2) is 8.53. The molecule has 0 unspecified atom stereocenters. The molecule has 1 heterocycles. The van der Waals surface area contributed by atoms with Gasteiger partial charge in [-0.2, -0.15) is 0 Å². The molecule has 0 saturated carbocycles. The highest BCUT2D eigenvalue weighted by molar-refractivity contribution is 5.96. The van der Waals surface area contributed by atoms with Gasteiger partial charge in [0.15, 0.2) is 11.5 Å². The number of hydrogen-bond donors (Lipinski definition) is 2. The third-order valence-corrected chi connectivity index (χ3v) is 3.33. The summed E-state index contributed by atoms with van der Waals surface area (Å²) in [4.78, 5) is 28.0. The van der Waals surface area contributed by atoms with E-state index in [1.807, 2.05) is 0 Å². The van der Waals surface area contributed by atoms with E-state index in [9.17, 15) is 9.59 Å². The molecule has 0 aliphatic carbocycles. The van der Waals surface area contributed by atoms with Gasteiger partial charge in [-0.3, -0.25) is 25.4 Å². The van der Waals surface area contributed by atoms with E-state index < -0.39 is 5.91 Å². The zero-order valence-electron chi connectivity index (χ0n) is 14.2. The summed E-state index contributed by atoms with van der Waals surface area (Å²) in [5.74, 6) is 0.178. The van der Waals surface area contributed by atoms with Crippen LogP contribution in [0.1, 0.15) is 15.9 Å². The van der Waals surface area contributed by atoms with Crippen LogP contribution >= 0.6 is 0 Å². The first kappa shape index (κ1) is 18.1. The van der Waals surface area contributed by atoms with Gasteiger partial charge < -0.3 is 14.2 Å². The molecule has 2 rings (SSSR count). The van der Waals surface area contributed by atoms with Crippen LogP contribution in [0.5, 0.6) is 17.2 Å². The number of amides is 2. The number of carbonyl (C=O) groups excluding carboxylic acids is 2. The normalized spacial score (nSPS) is 9.88. The van der Waals surface area contributed by atoms with E-state index in [2.05, 4.69) is 15.8 Å². The molecule has 0 atom stereocenters. The fourth-order valence-corrected chi connectivity index (χ4v) is 2.14. The molecule has 132 valence electrons. The lowest BCUT2D eigenvalue weighted by Gasteiger charge is -2.14. The predicted molar refractivity (Wildman–Crippen MR) is 89.6 cm³/mol. The number of carbonyl (C=O) groups is 2. The summed E-state index contributed by atoms with van der Waals surface area (Å²) in [6.45, 7) is 0. The molecule has 1 aromatic heterocycles. The fraction of sp³-hybridized carbons (Fsp3) is 0.235. The minimum Gasteiger partial charge on any atom is -0.493 e. The number of benzene rings is 1. The first-order chi connectivity index (χ1) is 12.1. The Morgan fingerprint density at radius 2 is 1.72 bits per heavy atom. The number of pyridine rings is 1. The van der Waals surface area contributed by atoms with Gasteiger partial charge in [-0.1, -0.05) is 6.07 Å². The van der Waals surface area contributed by atoms with Crippen molar-refractivity contribution >= 4 is 11.8 Å². The standard InChI is InChI=1S/C17H19N3O5/c1-23-13-8-12(9-14(24-2)16(13)25-3)17(22)20-19-15(21)7-11-5-4-6-18-10-11/h4-6,8-10H,7H2,1-3H3,(H,19,21)(H,20,22). The third kappa shape index (κ3) is 4.60. The number of rotatable bonds is 6. The maximum atomic E-state index is 12.2. The van der Waals surface area contributed by atoms with Crippen LogP contribution < -0.4 is 25.1 Å². The molecule has 0 saturated heterocycles. The Morgan fingerprint density at radius 3 is 2.24 bits per heavy atom. The molecule has 0 spiro atoms. The maximum Gasteiger partial charge on any atom is 0.269 e. The molecule has 8 nitrogen and oxygen atoms in total. The highest BCUT2D eigenvalue weighted by Gasteiger charge is 2.17. The van der Waals surface area contributed by atoms with Crippen molar-refractivity contribution in [1.82, 2.24) is 15.8 Å². The first-order valence-corrected chi connectivity index (χ1v) is 7.37. The van der Waals surface area contributed by atoms with Crippen molar-refractivity contribution in [2.75, 3.05) is 21.3 Å². The molecule has 0 fully saturated rings. The Morgan fingerprint density at radius 1 is 1.04 bits per heavy atom. The number of nitrogens with one attached hydrogen (secondary N) is 2. The number of hydrazine groups is 1. The molecule has 0 aliphatic heterocycles. The third-order valence-electron chi connectivity index (χ3n) is 3.33. The van der Waals surface area contributed by atoms with Crippen LogP contribution in [0.15, 0.2) is 36.7 Å². The van der Waals surface area contributed by atoms with Gasteiger partial charge in [0.2, 0.25) is 11.7 Å². The Balaban J connectivity index is 2.04. The van der Waals surface area contributed by atoms with E-state index in [1.165, 1.54) is 33.5 Å². The molecule has 2 amide bonds. The monoisotopic (exact) mass is 345 g/mol. The lowest BCUT2D eigenvalue weighted by Crippen LogP contribution is -2.42. The highest BCUT2D eigenvalue weighted by atomic mass is 16.5. The summed E-state index contributed by atoms with van der Waals surface area (Å²) in [7, 11) is 4.38. The lowest BCUT2D eigenvalue weighted by molar-refractivity contribution is -0.121. The van der Waals surface area contributed by atoms with Crippen LogP contribution in [0.3, 0.4) is 0 Å². The number of hydrogen-bond acceptors (Lipinski definition) is 6. The summed E-state index contributed by atoms with van der Waals surface area (Å²) in [5, 5.41) is 0. The molecular weight excluding hydrogens is 326 g/mol. The second-order valence-corrected chi connectivity index (χ2v) is 4.95. The number of methoxy groups -OCH3 is 3. The van der Waals surface area contributed by atoms with Crippen molar-refractivity contribution < 1.29 is 23.8 Å². The van der Waals surface area contributed by atoms with Crippen LogP contribution in [0, 0.1) is 0 Å². The minimum absolute atomic E-state index is 0.101. The fourth-order valence-electron chi connectivity index (χ4n) is 2.14. The van der Waals surface area contributed by atoms with Crippen molar-refractivity contribution in [2.45, 2.75) is 6.42 Å². The van der Waals surface area contributed by atoms with Crippen LogP contribution in [0.25, 0.3) is 0 Å². The van der Waals surface area contributed by atoms with Crippen molar-refractivity contribution in [3.63, 3.8) is 0 Å². The molecule has 2 aromatic rings. The van der Waals surface area contributed by atoms with Crippen LogP contribution in [-0.2, 0) is 11.2 Å². The molecule has 0 radical (unpaired) electrons. The van der Waals surface area contributed by atoms with Gasteiger partial charge in [-0.05, 0) is 23.8 Å². The van der Waals surface area contributed by atoms with Gasteiger partial charge in [0.25, 0.3) is 5.91 Å². The molecule has 2 N–H and O–H groups in total.